The molecule has 19 heavy (non-hydrogen) atoms. The molecule has 0 radical (unpaired) electrons. The fourth-order valence-electron chi connectivity index (χ4n) is 2.33. The Balaban J connectivity index is 2.10. The summed E-state index contributed by atoms with van der Waals surface area (Å²) >= 11 is 0. The van der Waals surface area contributed by atoms with Crippen LogP contribution >= 0.6 is 0 Å². The second kappa shape index (κ2) is 5.53. The number of imidazole rings is 1. The van der Waals surface area contributed by atoms with Crippen molar-refractivity contribution < 1.29 is 4.39 Å². The van der Waals surface area contributed by atoms with E-state index >= 15 is 0 Å². The van der Waals surface area contributed by atoms with E-state index in [1.807, 2.05) is 19.2 Å². The first kappa shape index (κ1) is 13.7. The van der Waals surface area contributed by atoms with Gasteiger partial charge in [-0.05, 0) is 38.0 Å². The molecule has 102 valence electrons. The molecule has 0 bridgehead atoms. The van der Waals surface area contributed by atoms with E-state index in [4.69, 9.17) is 5.73 Å². The molecule has 1 aromatic carbocycles. The van der Waals surface area contributed by atoms with Crippen molar-refractivity contribution in [2.24, 2.45) is 5.73 Å². The lowest BCUT2D eigenvalue weighted by atomic mass is 9.90. The Bertz CT molecular complexity index is 546. The minimum absolute atomic E-state index is 0.219. The fraction of sp³-hybridized carbons (Fsp3) is 0.400. The Kier molecular flexibility index (Phi) is 4.00. The van der Waals surface area contributed by atoms with Crippen LogP contribution in [0.5, 0.6) is 0 Å². The van der Waals surface area contributed by atoms with E-state index in [0.29, 0.717) is 12.8 Å². The minimum atomic E-state index is -0.438. The second-order valence-electron chi connectivity index (χ2n) is 5.27. The molecule has 0 amide bonds. The molecular weight excluding hydrogens is 241 g/mol. The van der Waals surface area contributed by atoms with Crippen LogP contribution in [-0.4, -0.2) is 15.1 Å². The molecule has 0 spiro atoms. The number of hydrogen-bond donors (Lipinski definition) is 1. The summed E-state index contributed by atoms with van der Waals surface area (Å²) in [5.74, 6) is 0.757. The zero-order chi connectivity index (χ0) is 13.9. The lowest BCUT2D eigenvalue weighted by Crippen LogP contribution is -2.41. The molecule has 0 aliphatic heterocycles. The first-order chi connectivity index (χ1) is 9.00. The van der Waals surface area contributed by atoms with E-state index in [1.165, 1.54) is 12.1 Å². The number of hydrogen-bond acceptors (Lipinski definition) is 2. The molecule has 0 saturated heterocycles. The molecule has 0 saturated carbocycles. The van der Waals surface area contributed by atoms with Crippen LogP contribution in [-0.2, 0) is 19.4 Å². The first-order valence-electron chi connectivity index (χ1n) is 6.53. The van der Waals surface area contributed by atoms with Gasteiger partial charge in [0.05, 0.1) is 0 Å². The van der Waals surface area contributed by atoms with Gasteiger partial charge in [-0.25, -0.2) is 9.37 Å². The molecule has 0 aliphatic rings. The van der Waals surface area contributed by atoms with Gasteiger partial charge in [-0.1, -0.05) is 12.1 Å². The van der Waals surface area contributed by atoms with E-state index in [2.05, 4.69) is 16.5 Å². The van der Waals surface area contributed by atoms with Crippen molar-refractivity contribution in [2.75, 3.05) is 0 Å². The van der Waals surface area contributed by atoms with Crippen LogP contribution in [0.2, 0.25) is 0 Å². The van der Waals surface area contributed by atoms with Crippen LogP contribution in [0.25, 0.3) is 0 Å². The number of nitrogens with zero attached hydrogens (tertiary/aromatic N) is 2. The van der Waals surface area contributed by atoms with Gasteiger partial charge in [-0.15, -0.1) is 0 Å². The van der Waals surface area contributed by atoms with E-state index in [1.54, 1.807) is 12.3 Å². The van der Waals surface area contributed by atoms with Crippen LogP contribution in [0.3, 0.4) is 0 Å². The van der Waals surface area contributed by atoms with E-state index < -0.39 is 5.54 Å². The van der Waals surface area contributed by atoms with E-state index in [9.17, 15) is 4.39 Å². The topological polar surface area (TPSA) is 43.8 Å². The van der Waals surface area contributed by atoms with Crippen molar-refractivity contribution in [3.05, 3.63) is 53.9 Å². The quantitative estimate of drug-likeness (QED) is 0.899. The van der Waals surface area contributed by atoms with Gasteiger partial charge in [0.1, 0.15) is 11.6 Å². The molecular formula is C15H20FN3. The van der Waals surface area contributed by atoms with Crippen molar-refractivity contribution in [1.29, 1.82) is 0 Å². The summed E-state index contributed by atoms with van der Waals surface area (Å²) in [6, 6.07) is 6.60. The van der Waals surface area contributed by atoms with Crippen LogP contribution in [0, 0.1) is 5.82 Å². The number of rotatable bonds is 5. The van der Waals surface area contributed by atoms with Crippen molar-refractivity contribution in [1.82, 2.24) is 9.55 Å². The largest absolute Gasteiger partial charge is 0.335 e. The molecule has 1 unspecified atom stereocenters. The molecule has 3 nitrogen and oxygen atoms in total. The average molecular weight is 261 g/mol. The highest BCUT2D eigenvalue weighted by Crippen LogP contribution is 2.16. The predicted octanol–water partition coefficient (Wildman–Crippen LogP) is 2.54. The van der Waals surface area contributed by atoms with Crippen LogP contribution in [0.4, 0.5) is 4.39 Å². The molecule has 1 atom stereocenters. The van der Waals surface area contributed by atoms with Crippen molar-refractivity contribution in [3.8, 4) is 0 Å². The summed E-state index contributed by atoms with van der Waals surface area (Å²) < 4.78 is 15.3. The van der Waals surface area contributed by atoms with Gasteiger partial charge in [0.2, 0.25) is 0 Å². The summed E-state index contributed by atoms with van der Waals surface area (Å²) in [4.78, 5) is 4.34. The zero-order valence-electron chi connectivity index (χ0n) is 11.4. The summed E-state index contributed by atoms with van der Waals surface area (Å²) in [5.41, 5.74) is 6.82. The smallest absolute Gasteiger partial charge is 0.123 e. The van der Waals surface area contributed by atoms with Gasteiger partial charge in [0.25, 0.3) is 0 Å². The van der Waals surface area contributed by atoms with Gasteiger partial charge in [-0.3, -0.25) is 0 Å². The first-order valence-corrected chi connectivity index (χ1v) is 6.53. The molecule has 1 heterocycles. The highest BCUT2D eigenvalue weighted by atomic mass is 19.1. The van der Waals surface area contributed by atoms with Gasteiger partial charge < -0.3 is 10.3 Å². The fourth-order valence-corrected chi connectivity index (χ4v) is 2.33. The summed E-state index contributed by atoms with van der Waals surface area (Å²) in [7, 11) is 0. The van der Waals surface area contributed by atoms with Crippen LogP contribution < -0.4 is 5.73 Å². The zero-order valence-corrected chi connectivity index (χ0v) is 11.4. The second-order valence-corrected chi connectivity index (χ2v) is 5.27. The highest BCUT2D eigenvalue weighted by Gasteiger charge is 2.22. The van der Waals surface area contributed by atoms with Gasteiger partial charge in [0, 0.05) is 30.9 Å². The molecule has 4 heteroatoms. The maximum Gasteiger partial charge on any atom is 0.123 e. The Morgan fingerprint density at radius 3 is 2.84 bits per heavy atom. The summed E-state index contributed by atoms with van der Waals surface area (Å²) in [5, 5.41) is 0. The van der Waals surface area contributed by atoms with Crippen LogP contribution in [0.1, 0.15) is 25.2 Å². The van der Waals surface area contributed by atoms with E-state index in [-0.39, 0.29) is 5.82 Å². The van der Waals surface area contributed by atoms with E-state index in [0.717, 1.165) is 17.9 Å². The highest BCUT2D eigenvalue weighted by molar-refractivity contribution is 5.19. The lowest BCUT2D eigenvalue weighted by molar-refractivity contribution is 0.441. The standard InChI is InChI=1S/C15H20FN3/c1-3-19-8-7-18-14(19)11-15(2,17)10-12-5-4-6-13(16)9-12/h4-9H,3,10-11,17H2,1-2H3. The number of benzene rings is 1. The molecule has 2 N–H and O–H groups in total. The van der Waals surface area contributed by atoms with Gasteiger partial charge in [0.15, 0.2) is 0 Å². The third-order valence-corrected chi connectivity index (χ3v) is 3.20. The maximum atomic E-state index is 13.2. The number of aryl methyl sites for hydroxylation is 1. The number of aromatic nitrogens is 2. The van der Waals surface area contributed by atoms with Gasteiger partial charge >= 0.3 is 0 Å². The Morgan fingerprint density at radius 2 is 2.16 bits per heavy atom. The lowest BCUT2D eigenvalue weighted by Gasteiger charge is -2.24. The average Bonchev–Trinajstić information content (AvgIpc) is 2.74. The van der Waals surface area contributed by atoms with Crippen molar-refractivity contribution >= 4 is 0 Å². The monoisotopic (exact) mass is 261 g/mol. The molecule has 0 aliphatic carbocycles. The minimum Gasteiger partial charge on any atom is -0.335 e. The molecule has 1 aromatic heterocycles. The Morgan fingerprint density at radius 1 is 1.37 bits per heavy atom. The maximum absolute atomic E-state index is 13.2. The Labute approximate surface area is 113 Å². The molecule has 2 rings (SSSR count). The third kappa shape index (κ3) is 3.64. The molecule has 0 fully saturated rings. The Hall–Kier alpha value is -1.68. The molecule has 2 aromatic rings. The third-order valence-electron chi connectivity index (χ3n) is 3.20. The number of halogens is 1. The predicted molar refractivity (Wildman–Crippen MR) is 74.3 cm³/mol. The SMILES string of the molecule is CCn1ccnc1CC(C)(N)Cc1cccc(F)c1. The summed E-state index contributed by atoms with van der Waals surface area (Å²) in [6.07, 6.45) is 5.04. The van der Waals surface area contributed by atoms with Gasteiger partial charge in [-0.2, -0.15) is 0 Å². The normalized spacial score (nSPS) is 14.3. The number of nitrogens with two attached hydrogens (primary N) is 1. The van der Waals surface area contributed by atoms with Crippen molar-refractivity contribution in [2.45, 2.75) is 38.8 Å². The summed E-state index contributed by atoms with van der Waals surface area (Å²) in [6.45, 7) is 4.93. The van der Waals surface area contributed by atoms with Crippen LogP contribution in [0.15, 0.2) is 36.7 Å². The van der Waals surface area contributed by atoms with Crippen molar-refractivity contribution in [3.63, 3.8) is 0 Å².